The summed E-state index contributed by atoms with van der Waals surface area (Å²) >= 11 is 0. The number of carbonyl (C=O) groups excluding carboxylic acids is 1. The van der Waals surface area contributed by atoms with Gasteiger partial charge in [-0.15, -0.1) is 0 Å². The summed E-state index contributed by atoms with van der Waals surface area (Å²) in [5, 5.41) is 11.4. The molecule has 1 unspecified atom stereocenters. The monoisotopic (exact) mass is 507 g/mol. The van der Waals surface area contributed by atoms with Crippen LogP contribution in [-0.4, -0.2) is 42.8 Å². The van der Waals surface area contributed by atoms with Crippen LogP contribution in [0.4, 0.5) is 0 Å². The molecule has 0 aliphatic rings. The van der Waals surface area contributed by atoms with Gasteiger partial charge >= 0.3 is 5.22 Å². The Balaban J connectivity index is 1.43. The Morgan fingerprint density at radius 2 is 1.92 bits per heavy atom. The topological polar surface area (TPSA) is 112 Å². The molecule has 1 amide bonds. The number of nitrogens with zero attached hydrogens (tertiary/aromatic N) is 4. The van der Waals surface area contributed by atoms with Crippen LogP contribution in [-0.2, 0) is 22.8 Å². The summed E-state index contributed by atoms with van der Waals surface area (Å²) in [5.74, 6) is 1.19. The van der Waals surface area contributed by atoms with Gasteiger partial charge in [-0.3, -0.25) is 9.48 Å². The number of nitrogens with one attached hydrogen (secondary N) is 1. The van der Waals surface area contributed by atoms with E-state index in [1.54, 1.807) is 10.9 Å². The molecule has 1 atom stereocenters. The van der Waals surface area contributed by atoms with Crippen molar-refractivity contribution in [3.05, 3.63) is 71.5 Å². The van der Waals surface area contributed by atoms with Crippen molar-refractivity contribution < 1.29 is 18.3 Å². The van der Waals surface area contributed by atoms with E-state index in [9.17, 15) is 9.00 Å². The first kappa shape index (κ1) is 25.3. The lowest BCUT2D eigenvalue weighted by Crippen LogP contribution is -2.33. The van der Waals surface area contributed by atoms with Crippen molar-refractivity contribution in [3.63, 3.8) is 0 Å². The quantitative estimate of drug-likeness (QED) is 0.374. The predicted molar refractivity (Wildman–Crippen MR) is 137 cm³/mol. The van der Waals surface area contributed by atoms with E-state index in [4.69, 9.17) is 9.26 Å². The van der Waals surface area contributed by atoms with Crippen LogP contribution >= 0.6 is 0 Å². The molecule has 0 saturated heterocycles. The van der Waals surface area contributed by atoms with Crippen molar-refractivity contribution in [1.29, 1.82) is 0 Å². The lowest BCUT2D eigenvalue weighted by atomic mass is 10.1. The number of benzene rings is 2. The van der Waals surface area contributed by atoms with Crippen molar-refractivity contribution in [2.24, 2.45) is 0 Å². The zero-order valence-corrected chi connectivity index (χ0v) is 21.8. The normalized spacial score (nSPS) is 12.4. The van der Waals surface area contributed by atoms with Crippen molar-refractivity contribution in [2.75, 3.05) is 12.8 Å². The zero-order chi connectivity index (χ0) is 25.9. The molecule has 4 rings (SSSR count). The van der Waals surface area contributed by atoms with Crippen LogP contribution in [0.2, 0.25) is 0 Å². The highest BCUT2D eigenvalue weighted by atomic mass is 32.2. The molecule has 9 nitrogen and oxygen atoms in total. The maximum absolute atomic E-state index is 13.2. The minimum atomic E-state index is -1.33. The summed E-state index contributed by atoms with van der Waals surface area (Å²) in [6, 6.07) is 15.3. The van der Waals surface area contributed by atoms with Crippen LogP contribution < -0.4 is 10.1 Å². The fourth-order valence-corrected chi connectivity index (χ4v) is 3.96. The maximum atomic E-state index is 13.2. The zero-order valence-electron chi connectivity index (χ0n) is 20.9. The number of hydrogen-bond acceptors (Lipinski definition) is 7. The standard InChI is InChI=1S/C26H29N5O4S/c1-17-7-6-8-20(15-17)34-21-16-28-31(26(2,3)4)22(21)24(32)27-14-13-18-9-11-19(12-10-18)23-29-25(35-30-23)36(5)33/h6-12,15-16H,13-14H2,1-5H3,(H,27,32). The van der Waals surface area contributed by atoms with E-state index in [-0.39, 0.29) is 11.1 Å². The van der Waals surface area contributed by atoms with Gasteiger partial charge in [0.2, 0.25) is 5.82 Å². The number of aromatic nitrogens is 4. The highest BCUT2D eigenvalue weighted by Gasteiger charge is 2.27. The lowest BCUT2D eigenvalue weighted by molar-refractivity contribution is 0.0933. The van der Waals surface area contributed by atoms with Crippen LogP contribution in [0.3, 0.4) is 0 Å². The van der Waals surface area contributed by atoms with Crippen molar-refractivity contribution in [3.8, 4) is 22.9 Å². The molecule has 36 heavy (non-hydrogen) atoms. The molecule has 188 valence electrons. The largest absolute Gasteiger partial charge is 0.453 e. The van der Waals surface area contributed by atoms with Crippen molar-refractivity contribution in [1.82, 2.24) is 25.2 Å². The van der Waals surface area contributed by atoms with Gasteiger partial charge in [0.05, 0.1) is 11.7 Å². The van der Waals surface area contributed by atoms with Crippen LogP contribution in [0.25, 0.3) is 11.4 Å². The summed E-state index contributed by atoms with van der Waals surface area (Å²) in [4.78, 5) is 17.4. The minimum Gasteiger partial charge on any atom is -0.453 e. The average Bonchev–Trinajstić information content (AvgIpc) is 3.47. The first-order chi connectivity index (χ1) is 17.1. The van der Waals surface area contributed by atoms with E-state index >= 15 is 0 Å². The van der Waals surface area contributed by atoms with Gasteiger partial charge in [0.25, 0.3) is 5.91 Å². The molecule has 0 saturated carbocycles. The number of carbonyl (C=O) groups is 1. The molecule has 10 heteroatoms. The molecule has 0 radical (unpaired) electrons. The molecule has 2 heterocycles. The van der Waals surface area contributed by atoms with E-state index in [0.717, 1.165) is 16.7 Å². The SMILES string of the molecule is Cc1cccc(Oc2cnn(C(C)(C)C)c2C(=O)NCCc2ccc(-c3noc(S(C)=O)n3)cc2)c1. The Bertz CT molecular complexity index is 1390. The number of rotatable bonds is 8. The summed E-state index contributed by atoms with van der Waals surface area (Å²) < 4.78 is 24.2. The van der Waals surface area contributed by atoms with Gasteiger partial charge in [-0.2, -0.15) is 10.1 Å². The number of amides is 1. The maximum Gasteiger partial charge on any atom is 0.315 e. The lowest BCUT2D eigenvalue weighted by Gasteiger charge is -2.22. The average molecular weight is 508 g/mol. The third kappa shape index (κ3) is 5.88. The van der Waals surface area contributed by atoms with Crippen LogP contribution in [0.1, 0.15) is 42.4 Å². The predicted octanol–water partition coefficient (Wildman–Crippen LogP) is 4.50. The molecule has 1 N–H and O–H groups in total. The first-order valence-electron chi connectivity index (χ1n) is 11.5. The second kappa shape index (κ2) is 10.4. The molecule has 2 aromatic heterocycles. The van der Waals surface area contributed by atoms with Gasteiger partial charge < -0.3 is 14.6 Å². The van der Waals surface area contributed by atoms with Crippen LogP contribution in [0, 0.1) is 6.92 Å². The Morgan fingerprint density at radius 3 is 2.56 bits per heavy atom. The highest BCUT2D eigenvalue weighted by molar-refractivity contribution is 7.84. The Morgan fingerprint density at radius 1 is 1.17 bits per heavy atom. The van der Waals surface area contributed by atoms with Crippen LogP contribution in [0.5, 0.6) is 11.5 Å². The van der Waals surface area contributed by atoms with Gasteiger partial charge in [-0.25, -0.2) is 4.21 Å². The Kier molecular flexibility index (Phi) is 7.35. The van der Waals surface area contributed by atoms with Gasteiger partial charge in [0, 0.05) is 18.4 Å². The second-order valence-electron chi connectivity index (χ2n) is 9.40. The van der Waals surface area contributed by atoms with E-state index in [1.807, 2.05) is 76.2 Å². The third-order valence-electron chi connectivity index (χ3n) is 5.37. The molecule has 0 aliphatic heterocycles. The third-order valence-corrected chi connectivity index (χ3v) is 6.03. The fourth-order valence-electron chi connectivity index (χ4n) is 3.60. The fraction of sp³-hybridized carbons (Fsp3) is 0.308. The summed E-state index contributed by atoms with van der Waals surface area (Å²) in [6.45, 7) is 8.37. The molecule has 0 bridgehead atoms. The molecule has 4 aromatic rings. The van der Waals surface area contributed by atoms with Gasteiger partial charge in [-0.05, 0) is 57.4 Å². The molecule has 0 aliphatic carbocycles. The van der Waals surface area contributed by atoms with E-state index < -0.39 is 16.3 Å². The molecular formula is C26H29N5O4S. The van der Waals surface area contributed by atoms with E-state index in [2.05, 4.69) is 20.6 Å². The first-order valence-corrected chi connectivity index (χ1v) is 13.1. The van der Waals surface area contributed by atoms with Crippen LogP contribution in [0.15, 0.2) is 64.5 Å². The number of ether oxygens (including phenoxy) is 1. The van der Waals surface area contributed by atoms with E-state index in [1.165, 1.54) is 6.26 Å². The molecule has 2 aromatic carbocycles. The molecule has 0 fully saturated rings. The smallest absolute Gasteiger partial charge is 0.315 e. The Hall–Kier alpha value is -3.79. The van der Waals surface area contributed by atoms with E-state index in [0.29, 0.717) is 36.0 Å². The summed E-state index contributed by atoms with van der Waals surface area (Å²) in [5.41, 5.74) is 2.82. The summed E-state index contributed by atoms with van der Waals surface area (Å²) in [6.07, 6.45) is 3.69. The van der Waals surface area contributed by atoms with Gasteiger partial charge in [0.1, 0.15) is 16.5 Å². The van der Waals surface area contributed by atoms with Crippen molar-refractivity contribution in [2.45, 2.75) is 44.9 Å². The Labute approximate surface area is 212 Å². The minimum absolute atomic E-state index is 0.0945. The van der Waals surface area contributed by atoms with Gasteiger partial charge in [0.15, 0.2) is 11.4 Å². The molecular weight excluding hydrogens is 478 g/mol. The molecule has 0 spiro atoms. The number of aryl methyl sites for hydroxylation is 1. The van der Waals surface area contributed by atoms with Crippen molar-refractivity contribution >= 4 is 16.7 Å². The number of hydrogen-bond donors (Lipinski definition) is 1. The second-order valence-corrected chi connectivity index (χ2v) is 10.7. The summed E-state index contributed by atoms with van der Waals surface area (Å²) in [7, 11) is -1.33. The van der Waals surface area contributed by atoms with Gasteiger partial charge in [-0.1, -0.05) is 41.6 Å². The highest BCUT2D eigenvalue weighted by Crippen LogP contribution is 2.29.